The van der Waals surface area contributed by atoms with Gasteiger partial charge in [0.1, 0.15) is 5.82 Å². The fourth-order valence-corrected chi connectivity index (χ4v) is 6.29. The molecule has 0 radical (unpaired) electrons. The maximum absolute atomic E-state index is 11.7. The summed E-state index contributed by atoms with van der Waals surface area (Å²) >= 11 is 12.7. The Morgan fingerprint density at radius 3 is 2.30 bits per heavy atom. The third-order valence-corrected chi connectivity index (χ3v) is 8.67. The lowest BCUT2D eigenvalue weighted by Gasteiger charge is -2.35. The Bertz CT molecular complexity index is 1460. The molecule has 0 spiro atoms. The summed E-state index contributed by atoms with van der Waals surface area (Å²) in [5.74, 6) is 1.87. The number of carbonyl (C=O) groups is 2. The molecule has 2 saturated heterocycles. The first-order chi connectivity index (χ1) is 22.2. The molecule has 0 aliphatic carbocycles. The Morgan fingerprint density at radius 2 is 1.65 bits per heavy atom. The van der Waals surface area contributed by atoms with Gasteiger partial charge in [0.05, 0.1) is 31.1 Å². The minimum Gasteiger partial charge on any atom is -0.466 e. The third kappa shape index (κ3) is 9.99. The SMILES string of the molecule is CCOC(=O)CCN1CCN(c2cnc(Oc3cc(CN4CCC(CNC(C)=O)CC4)cc(-c4cc(Cl)cc(Cl)c4)n3)cn2)CC1. The van der Waals surface area contributed by atoms with Crippen molar-refractivity contribution in [3.05, 3.63) is 58.3 Å². The second-order valence-electron chi connectivity index (χ2n) is 11.7. The van der Waals surface area contributed by atoms with Crippen molar-refractivity contribution in [2.75, 3.05) is 63.9 Å². The Hall–Kier alpha value is -3.51. The number of hydrogen-bond donors (Lipinski definition) is 1. The highest BCUT2D eigenvalue weighted by molar-refractivity contribution is 6.35. The van der Waals surface area contributed by atoms with E-state index < -0.39 is 0 Å². The number of aromatic nitrogens is 3. The number of nitrogens with one attached hydrogen (secondary N) is 1. The van der Waals surface area contributed by atoms with Crippen molar-refractivity contribution >= 4 is 40.9 Å². The number of benzene rings is 1. The lowest BCUT2D eigenvalue weighted by molar-refractivity contribution is -0.143. The number of pyridine rings is 1. The van der Waals surface area contributed by atoms with Gasteiger partial charge in [0.25, 0.3) is 0 Å². The van der Waals surface area contributed by atoms with E-state index in [1.807, 2.05) is 31.2 Å². The van der Waals surface area contributed by atoms with Gasteiger partial charge in [0.2, 0.25) is 17.7 Å². The number of piperazine rings is 1. The molecule has 2 aromatic heterocycles. The first-order valence-electron chi connectivity index (χ1n) is 15.8. The van der Waals surface area contributed by atoms with Crippen molar-refractivity contribution in [3.63, 3.8) is 0 Å². The molecule has 46 heavy (non-hydrogen) atoms. The summed E-state index contributed by atoms with van der Waals surface area (Å²) < 4.78 is 11.2. The second-order valence-corrected chi connectivity index (χ2v) is 12.6. The van der Waals surface area contributed by atoms with Gasteiger partial charge < -0.3 is 19.7 Å². The Labute approximate surface area is 280 Å². The minimum atomic E-state index is -0.158. The second kappa shape index (κ2) is 16.4. The van der Waals surface area contributed by atoms with E-state index >= 15 is 0 Å². The van der Waals surface area contributed by atoms with Gasteiger partial charge in [-0.05, 0) is 68.6 Å². The van der Waals surface area contributed by atoms with E-state index in [4.69, 9.17) is 37.7 Å². The summed E-state index contributed by atoms with van der Waals surface area (Å²) in [6.45, 7) is 11.1. The fraction of sp³-hybridized carbons (Fsp3) is 0.485. The summed E-state index contributed by atoms with van der Waals surface area (Å²) in [7, 11) is 0. The predicted octanol–water partition coefficient (Wildman–Crippen LogP) is 5.06. The zero-order valence-corrected chi connectivity index (χ0v) is 27.9. The summed E-state index contributed by atoms with van der Waals surface area (Å²) in [4.78, 5) is 43.8. The van der Waals surface area contributed by atoms with Crippen LogP contribution in [-0.2, 0) is 20.9 Å². The molecule has 2 aliphatic rings. The summed E-state index contributed by atoms with van der Waals surface area (Å²) in [6, 6.07) is 9.34. The van der Waals surface area contributed by atoms with Gasteiger partial charge in [0, 0.05) is 74.4 Å². The number of hydrogen-bond acceptors (Lipinski definition) is 10. The van der Waals surface area contributed by atoms with Crippen LogP contribution in [0, 0.1) is 5.92 Å². The van der Waals surface area contributed by atoms with Gasteiger partial charge >= 0.3 is 5.97 Å². The van der Waals surface area contributed by atoms with E-state index in [0.29, 0.717) is 53.0 Å². The van der Waals surface area contributed by atoms with Crippen LogP contribution in [0.4, 0.5) is 5.82 Å². The van der Waals surface area contributed by atoms with Crippen molar-refractivity contribution in [1.82, 2.24) is 30.1 Å². The molecule has 13 heteroatoms. The maximum atomic E-state index is 11.7. The normalized spacial score (nSPS) is 16.3. The molecular weight excluding hydrogens is 629 g/mol. The molecule has 11 nitrogen and oxygen atoms in total. The average Bonchev–Trinajstić information content (AvgIpc) is 3.04. The Morgan fingerprint density at radius 1 is 0.913 bits per heavy atom. The lowest BCUT2D eigenvalue weighted by Crippen LogP contribution is -2.47. The maximum Gasteiger partial charge on any atom is 0.307 e. The summed E-state index contributed by atoms with van der Waals surface area (Å²) in [5, 5.41) is 4.00. The zero-order chi connectivity index (χ0) is 32.5. The molecule has 1 aromatic carbocycles. The van der Waals surface area contributed by atoms with Crippen LogP contribution in [-0.4, -0.2) is 95.6 Å². The topological polar surface area (TPSA) is 113 Å². The quantitative estimate of drug-likeness (QED) is 0.263. The van der Waals surface area contributed by atoms with Gasteiger partial charge in [-0.2, -0.15) is 0 Å². The number of ether oxygens (including phenoxy) is 2. The van der Waals surface area contributed by atoms with Crippen molar-refractivity contribution in [2.24, 2.45) is 5.92 Å². The van der Waals surface area contributed by atoms with Crippen LogP contribution >= 0.6 is 23.2 Å². The minimum absolute atomic E-state index is 0.0157. The smallest absolute Gasteiger partial charge is 0.307 e. The van der Waals surface area contributed by atoms with Gasteiger partial charge in [-0.15, -0.1) is 0 Å². The molecule has 0 bridgehead atoms. The summed E-state index contributed by atoms with van der Waals surface area (Å²) in [5.41, 5.74) is 2.53. The van der Waals surface area contributed by atoms with Gasteiger partial charge in [-0.1, -0.05) is 23.2 Å². The Kier molecular flexibility index (Phi) is 12.0. The van der Waals surface area contributed by atoms with Crippen molar-refractivity contribution in [1.29, 1.82) is 0 Å². The highest BCUT2D eigenvalue weighted by atomic mass is 35.5. The number of likely N-dealkylation sites (tertiary alicyclic amines) is 1. The molecule has 4 heterocycles. The van der Waals surface area contributed by atoms with E-state index in [9.17, 15) is 9.59 Å². The highest BCUT2D eigenvalue weighted by Crippen LogP contribution is 2.30. The van der Waals surface area contributed by atoms with Crippen LogP contribution in [0.5, 0.6) is 11.8 Å². The van der Waals surface area contributed by atoms with E-state index in [1.165, 1.54) is 0 Å². The van der Waals surface area contributed by atoms with E-state index in [0.717, 1.165) is 82.1 Å². The highest BCUT2D eigenvalue weighted by Gasteiger charge is 2.22. The number of nitrogens with zero attached hydrogens (tertiary/aromatic N) is 6. The molecule has 0 saturated carbocycles. The van der Waals surface area contributed by atoms with Gasteiger partial charge in [-0.3, -0.25) is 19.4 Å². The van der Waals surface area contributed by atoms with Crippen molar-refractivity contribution < 1.29 is 19.1 Å². The van der Waals surface area contributed by atoms with E-state index in [1.54, 1.807) is 25.4 Å². The molecular formula is C33H41Cl2N7O4. The molecule has 246 valence electrons. The molecule has 1 N–H and O–H groups in total. The molecule has 1 amide bonds. The third-order valence-electron chi connectivity index (χ3n) is 8.23. The monoisotopic (exact) mass is 669 g/mol. The molecule has 0 atom stereocenters. The molecule has 2 fully saturated rings. The number of rotatable bonds is 12. The molecule has 5 rings (SSSR count). The molecule has 3 aromatic rings. The molecule has 2 aliphatic heterocycles. The number of anilines is 1. The fourth-order valence-electron chi connectivity index (χ4n) is 5.76. The van der Waals surface area contributed by atoms with Crippen molar-refractivity contribution in [2.45, 2.75) is 39.7 Å². The largest absolute Gasteiger partial charge is 0.466 e. The van der Waals surface area contributed by atoms with Crippen LogP contribution in [0.3, 0.4) is 0 Å². The number of carbonyl (C=O) groups excluding carboxylic acids is 2. The van der Waals surface area contributed by atoms with Crippen LogP contribution in [0.15, 0.2) is 42.7 Å². The number of halogens is 2. The van der Waals surface area contributed by atoms with E-state index in [2.05, 4.69) is 30.0 Å². The van der Waals surface area contributed by atoms with Crippen LogP contribution < -0.4 is 15.0 Å². The standard InChI is InChI=1S/C33H41Cl2N7O4/c1-3-45-33(44)6-9-40-10-12-42(13-11-40)30-20-38-32(21-37-30)46-31-15-25(14-29(39-31)26-16-27(34)18-28(35)17-26)22-41-7-4-24(5-8-41)19-36-23(2)43/h14-18,20-21,24H,3-13,19,22H2,1-2H3,(H,36,43). The van der Waals surface area contributed by atoms with Crippen LogP contribution in [0.1, 0.15) is 38.7 Å². The Balaban J connectivity index is 1.24. The number of esters is 1. The molecule has 0 unspecified atom stereocenters. The van der Waals surface area contributed by atoms with Crippen LogP contribution in [0.2, 0.25) is 10.0 Å². The van der Waals surface area contributed by atoms with Crippen molar-refractivity contribution in [3.8, 4) is 23.0 Å². The average molecular weight is 671 g/mol. The van der Waals surface area contributed by atoms with Gasteiger partial charge in [-0.25, -0.2) is 15.0 Å². The van der Waals surface area contributed by atoms with Gasteiger partial charge in [0.15, 0.2) is 0 Å². The first-order valence-corrected chi connectivity index (χ1v) is 16.6. The lowest BCUT2D eigenvalue weighted by atomic mass is 9.96. The number of piperidine rings is 1. The predicted molar refractivity (Wildman–Crippen MR) is 178 cm³/mol. The van der Waals surface area contributed by atoms with E-state index in [-0.39, 0.29) is 11.9 Å². The first kappa shape index (κ1) is 33.8. The zero-order valence-electron chi connectivity index (χ0n) is 26.4. The number of amides is 1. The summed E-state index contributed by atoms with van der Waals surface area (Å²) in [6.07, 6.45) is 5.79. The van der Waals surface area contributed by atoms with Crippen LogP contribution in [0.25, 0.3) is 11.3 Å².